The first-order valence-electron chi connectivity index (χ1n) is 9.20. The molecule has 0 aliphatic heterocycles. The number of carbonyl (C=O) groups excluding carboxylic acids is 1. The molecule has 1 amide bonds. The summed E-state index contributed by atoms with van der Waals surface area (Å²) in [5, 5.41) is 5.79. The molecule has 0 radical (unpaired) electrons. The standard InChI is InChI=1S/C21H28N2O/c1-16-7-3-6-10-20(16)22-21(24)15-23(2)14-17-11-12-18-8-4-5-9-19(18)13-17/h4-5,8-9,11-13,16,20H,3,6-7,10,14-15H2,1-2H3,(H,22,24)/p+1/t16-,20-/m1/s1. The Morgan fingerprint density at radius 1 is 1.12 bits per heavy atom. The SMILES string of the molecule is C[C@@H]1CCCC[C@H]1NC(=O)C[NH+](C)Cc1ccc2ccccc2c1. The molecule has 1 unspecified atom stereocenters. The summed E-state index contributed by atoms with van der Waals surface area (Å²) in [4.78, 5) is 13.6. The predicted octanol–water partition coefficient (Wildman–Crippen LogP) is 2.55. The maximum Gasteiger partial charge on any atom is 0.275 e. The summed E-state index contributed by atoms with van der Waals surface area (Å²) in [6, 6.07) is 15.4. The molecule has 24 heavy (non-hydrogen) atoms. The molecule has 3 heteroatoms. The average molecular weight is 325 g/mol. The highest BCUT2D eigenvalue weighted by molar-refractivity contribution is 5.83. The normalized spacial score (nSPS) is 22.2. The summed E-state index contributed by atoms with van der Waals surface area (Å²) in [6.07, 6.45) is 4.93. The molecule has 1 fully saturated rings. The van der Waals surface area contributed by atoms with Crippen molar-refractivity contribution in [3.8, 4) is 0 Å². The van der Waals surface area contributed by atoms with Crippen molar-refractivity contribution in [1.82, 2.24) is 5.32 Å². The van der Waals surface area contributed by atoms with Gasteiger partial charge < -0.3 is 10.2 Å². The molecule has 1 aliphatic carbocycles. The maximum absolute atomic E-state index is 12.3. The van der Waals surface area contributed by atoms with Gasteiger partial charge in [-0.3, -0.25) is 4.79 Å². The zero-order valence-corrected chi connectivity index (χ0v) is 14.8. The van der Waals surface area contributed by atoms with E-state index in [4.69, 9.17) is 0 Å². The topological polar surface area (TPSA) is 33.5 Å². The number of fused-ring (bicyclic) bond motifs is 1. The van der Waals surface area contributed by atoms with E-state index in [1.807, 2.05) is 0 Å². The van der Waals surface area contributed by atoms with E-state index in [9.17, 15) is 4.79 Å². The Bertz CT molecular complexity index is 697. The van der Waals surface area contributed by atoms with E-state index in [0.29, 0.717) is 18.5 Å². The van der Waals surface area contributed by atoms with Gasteiger partial charge in [0.1, 0.15) is 6.54 Å². The van der Waals surface area contributed by atoms with Crippen molar-refractivity contribution in [1.29, 1.82) is 0 Å². The number of quaternary nitrogens is 1. The van der Waals surface area contributed by atoms with Crippen LogP contribution in [0.15, 0.2) is 42.5 Å². The van der Waals surface area contributed by atoms with E-state index in [2.05, 4.69) is 61.8 Å². The van der Waals surface area contributed by atoms with Gasteiger partial charge in [0, 0.05) is 11.6 Å². The molecule has 0 aromatic heterocycles. The minimum absolute atomic E-state index is 0.187. The van der Waals surface area contributed by atoms with Crippen LogP contribution in [0.3, 0.4) is 0 Å². The number of hydrogen-bond acceptors (Lipinski definition) is 1. The van der Waals surface area contributed by atoms with Crippen molar-refractivity contribution in [3.63, 3.8) is 0 Å². The number of nitrogens with one attached hydrogen (secondary N) is 2. The first-order valence-corrected chi connectivity index (χ1v) is 9.20. The lowest BCUT2D eigenvalue weighted by atomic mass is 9.86. The Kier molecular flexibility index (Phi) is 5.52. The minimum Gasteiger partial charge on any atom is -0.348 e. The van der Waals surface area contributed by atoms with E-state index >= 15 is 0 Å². The monoisotopic (exact) mass is 325 g/mol. The van der Waals surface area contributed by atoms with E-state index < -0.39 is 0 Å². The Morgan fingerprint density at radius 2 is 1.88 bits per heavy atom. The number of amides is 1. The summed E-state index contributed by atoms with van der Waals surface area (Å²) >= 11 is 0. The fourth-order valence-electron chi connectivity index (χ4n) is 3.82. The van der Waals surface area contributed by atoms with E-state index in [0.717, 1.165) is 13.0 Å². The van der Waals surface area contributed by atoms with Crippen LogP contribution in [0.5, 0.6) is 0 Å². The fourth-order valence-corrected chi connectivity index (χ4v) is 3.82. The van der Waals surface area contributed by atoms with Crippen molar-refractivity contribution in [2.24, 2.45) is 5.92 Å². The summed E-state index contributed by atoms with van der Waals surface area (Å²) in [5.74, 6) is 0.801. The van der Waals surface area contributed by atoms with Crippen LogP contribution in [-0.4, -0.2) is 25.5 Å². The first-order chi connectivity index (χ1) is 11.6. The van der Waals surface area contributed by atoms with Crippen molar-refractivity contribution in [2.75, 3.05) is 13.6 Å². The molecule has 0 bridgehead atoms. The van der Waals surface area contributed by atoms with Crippen molar-refractivity contribution < 1.29 is 9.69 Å². The van der Waals surface area contributed by atoms with Gasteiger partial charge in [0.25, 0.3) is 5.91 Å². The molecule has 2 aromatic rings. The lowest BCUT2D eigenvalue weighted by Crippen LogP contribution is -3.09. The molecule has 2 aromatic carbocycles. The zero-order chi connectivity index (χ0) is 16.9. The highest BCUT2D eigenvalue weighted by Gasteiger charge is 2.23. The number of carbonyl (C=O) groups is 1. The second kappa shape index (κ2) is 7.80. The maximum atomic E-state index is 12.3. The Morgan fingerprint density at radius 3 is 2.67 bits per heavy atom. The van der Waals surface area contributed by atoms with Crippen molar-refractivity contribution >= 4 is 16.7 Å². The average Bonchev–Trinajstić information content (AvgIpc) is 2.56. The minimum atomic E-state index is 0.187. The smallest absolute Gasteiger partial charge is 0.275 e. The third kappa shape index (κ3) is 4.35. The van der Waals surface area contributed by atoms with Crippen LogP contribution in [0.1, 0.15) is 38.2 Å². The molecule has 3 rings (SSSR count). The number of rotatable bonds is 5. The molecule has 128 valence electrons. The third-order valence-electron chi connectivity index (χ3n) is 5.24. The highest BCUT2D eigenvalue weighted by Crippen LogP contribution is 2.23. The van der Waals surface area contributed by atoms with Crippen LogP contribution in [0, 0.1) is 5.92 Å². The molecule has 3 nitrogen and oxygen atoms in total. The lowest BCUT2D eigenvalue weighted by molar-refractivity contribution is -0.885. The number of likely N-dealkylation sites (N-methyl/N-ethyl adjacent to an activating group) is 1. The van der Waals surface area contributed by atoms with Gasteiger partial charge in [0.05, 0.1) is 7.05 Å². The van der Waals surface area contributed by atoms with Crippen LogP contribution in [-0.2, 0) is 11.3 Å². The molecule has 1 saturated carbocycles. The van der Waals surface area contributed by atoms with Crippen molar-refractivity contribution in [2.45, 2.75) is 45.2 Å². The molecular formula is C21H29N2O+. The summed E-state index contributed by atoms with van der Waals surface area (Å²) in [6.45, 7) is 3.67. The largest absolute Gasteiger partial charge is 0.348 e. The van der Waals surface area contributed by atoms with E-state index in [-0.39, 0.29) is 5.91 Å². The molecule has 2 N–H and O–H groups in total. The molecule has 0 heterocycles. The predicted molar refractivity (Wildman–Crippen MR) is 99.0 cm³/mol. The second-order valence-corrected chi connectivity index (χ2v) is 7.43. The van der Waals surface area contributed by atoms with E-state index in [1.165, 1.54) is 40.5 Å². The third-order valence-corrected chi connectivity index (χ3v) is 5.24. The van der Waals surface area contributed by atoms with Crippen LogP contribution in [0.4, 0.5) is 0 Å². The van der Waals surface area contributed by atoms with Gasteiger partial charge in [0.2, 0.25) is 0 Å². The van der Waals surface area contributed by atoms with Gasteiger partial charge >= 0.3 is 0 Å². The van der Waals surface area contributed by atoms with Crippen LogP contribution >= 0.6 is 0 Å². The Labute approximate surface area is 145 Å². The van der Waals surface area contributed by atoms with Crippen molar-refractivity contribution in [3.05, 3.63) is 48.0 Å². The molecule has 3 atom stereocenters. The molecule has 0 spiro atoms. The van der Waals surface area contributed by atoms with Gasteiger partial charge in [0.15, 0.2) is 6.54 Å². The van der Waals surface area contributed by atoms with Gasteiger partial charge in [-0.1, -0.05) is 56.2 Å². The molecular weight excluding hydrogens is 296 g/mol. The fraction of sp³-hybridized carbons (Fsp3) is 0.476. The van der Waals surface area contributed by atoms with Gasteiger partial charge in [-0.25, -0.2) is 0 Å². The number of benzene rings is 2. The number of hydrogen-bond donors (Lipinski definition) is 2. The molecule has 1 aliphatic rings. The highest BCUT2D eigenvalue weighted by atomic mass is 16.2. The Hall–Kier alpha value is -1.87. The summed E-state index contributed by atoms with van der Waals surface area (Å²) in [7, 11) is 2.10. The summed E-state index contributed by atoms with van der Waals surface area (Å²) in [5.41, 5.74) is 1.28. The van der Waals surface area contributed by atoms with Gasteiger partial charge in [-0.2, -0.15) is 0 Å². The lowest BCUT2D eigenvalue weighted by Gasteiger charge is -2.29. The van der Waals surface area contributed by atoms with Gasteiger partial charge in [-0.05, 0) is 35.6 Å². The zero-order valence-electron chi connectivity index (χ0n) is 14.8. The Balaban J connectivity index is 1.54. The quantitative estimate of drug-likeness (QED) is 0.870. The van der Waals surface area contributed by atoms with Crippen LogP contribution < -0.4 is 10.2 Å². The van der Waals surface area contributed by atoms with Gasteiger partial charge in [-0.15, -0.1) is 0 Å². The second-order valence-electron chi connectivity index (χ2n) is 7.43. The van der Waals surface area contributed by atoms with E-state index in [1.54, 1.807) is 0 Å². The molecule has 0 saturated heterocycles. The summed E-state index contributed by atoms with van der Waals surface area (Å²) < 4.78 is 0. The van der Waals surface area contributed by atoms with Crippen LogP contribution in [0.25, 0.3) is 10.8 Å². The first kappa shape index (κ1) is 17.0. The van der Waals surface area contributed by atoms with Crippen LogP contribution in [0.2, 0.25) is 0 Å².